The largest absolute Gasteiger partial charge is 0.390 e. The zero-order chi connectivity index (χ0) is 21.3. The van der Waals surface area contributed by atoms with Gasteiger partial charge in [0.05, 0.1) is 23.4 Å². The molecule has 0 spiro atoms. The molecule has 29 heavy (non-hydrogen) atoms. The first-order valence-corrected chi connectivity index (χ1v) is 9.47. The molecule has 2 aromatic heterocycles. The average molecular weight is 458 g/mol. The normalized spacial score (nSPS) is 12.0. The summed E-state index contributed by atoms with van der Waals surface area (Å²) in [6.45, 7) is 3.52. The third-order valence-electron chi connectivity index (χ3n) is 4.15. The van der Waals surface area contributed by atoms with E-state index >= 15 is 0 Å². The van der Waals surface area contributed by atoms with E-state index in [9.17, 15) is 14.9 Å². The van der Waals surface area contributed by atoms with E-state index in [0.717, 1.165) is 5.56 Å². The van der Waals surface area contributed by atoms with Crippen molar-refractivity contribution in [3.63, 3.8) is 0 Å². The molecule has 0 radical (unpaired) electrons. The van der Waals surface area contributed by atoms with Crippen molar-refractivity contribution < 1.29 is 9.72 Å². The number of carbonyl (C=O) groups excluding carboxylic acids is 1. The molecule has 0 bridgehead atoms. The Morgan fingerprint density at radius 3 is 2.59 bits per heavy atom. The minimum atomic E-state index is -0.810. The van der Waals surface area contributed by atoms with E-state index in [-0.39, 0.29) is 16.7 Å². The monoisotopic (exact) mass is 456 g/mol. The number of nitrogens with one attached hydrogen (secondary N) is 1. The third kappa shape index (κ3) is 4.69. The van der Waals surface area contributed by atoms with Gasteiger partial charge < -0.3 is 15.4 Å². The molecule has 0 saturated heterocycles. The first-order chi connectivity index (χ1) is 13.7. The number of aryl methyl sites for hydroxylation is 1. The molecule has 1 amide bonds. The molecule has 1 atom stereocenters. The highest BCUT2D eigenvalue weighted by Crippen LogP contribution is 2.25. The van der Waals surface area contributed by atoms with E-state index in [1.807, 2.05) is 0 Å². The highest BCUT2D eigenvalue weighted by atomic mass is 35.5. The van der Waals surface area contributed by atoms with Crippen LogP contribution < -0.4 is 5.32 Å². The number of benzene rings is 1. The van der Waals surface area contributed by atoms with Crippen molar-refractivity contribution in [2.75, 3.05) is 5.32 Å². The van der Waals surface area contributed by atoms with Crippen LogP contribution in [0.2, 0.25) is 15.1 Å². The topological polar surface area (TPSA) is 108 Å². The summed E-state index contributed by atoms with van der Waals surface area (Å²) in [7, 11) is 0. The first kappa shape index (κ1) is 21.1. The molecule has 0 saturated carbocycles. The van der Waals surface area contributed by atoms with Crippen molar-refractivity contribution in [1.29, 1.82) is 0 Å². The van der Waals surface area contributed by atoms with Gasteiger partial charge in [-0.2, -0.15) is 9.78 Å². The van der Waals surface area contributed by atoms with Crippen LogP contribution in [0.15, 0.2) is 30.5 Å². The van der Waals surface area contributed by atoms with Crippen LogP contribution >= 0.6 is 34.8 Å². The lowest BCUT2D eigenvalue weighted by atomic mass is 10.2. The van der Waals surface area contributed by atoms with Gasteiger partial charge in [0.25, 0.3) is 5.91 Å². The summed E-state index contributed by atoms with van der Waals surface area (Å²) in [5.41, 5.74) is 1.26. The predicted molar refractivity (Wildman–Crippen MR) is 110 cm³/mol. The van der Waals surface area contributed by atoms with Crippen LogP contribution in [0.5, 0.6) is 0 Å². The Bertz CT molecular complexity index is 1090. The van der Waals surface area contributed by atoms with Gasteiger partial charge in [-0.15, -0.1) is 0 Å². The summed E-state index contributed by atoms with van der Waals surface area (Å²) in [5, 5.41) is 22.8. The van der Waals surface area contributed by atoms with Crippen molar-refractivity contribution in [3.05, 3.63) is 66.9 Å². The van der Waals surface area contributed by atoms with Gasteiger partial charge >= 0.3 is 5.82 Å². The van der Waals surface area contributed by atoms with E-state index in [1.54, 1.807) is 38.2 Å². The molecular weight excluding hydrogens is 443 g/mol. The van der Waals surface area contributed by atoms with Crippen molar-refractivity contribution in [2.45, 2.75) is 26.4 Å². The van der Waals surface area contributed by atoms with Crippen LogP contribution in [0, 0.1) is 17.0 Å². The molecule has 1 N–H and O–H groups in total. The van der Waals surface area contributed by atoms with Gasteiger partial charge in [0, 0.05) is 16.2 Å². The molecule has 0 aliphatic rings. The molecule has 3 rings (SSSR count). The molecular formula is C17H15Cl3N6O3. The van der Waals surface area contributed by atoms with Gasteiger partial charge in [-0.1, -0.05) is 40.9 Å². The van der Waals surface area contributed by atoms with E-state index in [2.05, 4.69) is 15.5 Å². The molecule has 12 heteroatoms. The zero-order valence-corrected chi connectivity index (χ0v) is 17.5. The van der Waals surface area contributed by atoms with Crippen molar-refractivity contribution in [2.24, 2.45) is 0 Å². The molecule has 1 aromatic carbocycles. The Morgan fingerprint density at radius 2 is 1.97 bits per heavy atom. The van der Waals surface area contributed by atoms with Crippen LogP contribution in [0.25, 0.3) is 0 Å². The van der Waals surface area contributed by atoms with Gasteiger partial charge in [-0.25, -0.2) is 0 Å². The third-order valence-corrected chi connectivity index (χ3v) is 5.01. The summed E-state index contributed by atoms with van der Waals surface area (Å²) >= 11 is 18.3. The molecule has 0 aliphatic heterocycles. The van der Waals surface area contributed by atoms with Crippen LogP contribution in [0.1, 0.15) is 24.2 Å². The van der Waals surface area contributed by atoms with Crippen LogP contribution in [-0.4, -0.2) is 30.4 Å². The molecule has 2 heterocycles. The van der Waals surface area contributed by atoms with Gasteiger partial charge in [0.15, 0.2) is 5.82 Å². The lowest BCUT2D eigenvalue weighted by Gasteiger charge is -2.10. The number of anilines is 1. The minimum Gasteiger partial charge on any atom is -0.358 e. The molecule has 3 aromatic rings. The second-order valence-corrected chi connectivity index (χ2v) is 7.52. The number of halogens is 3. The highest BCUT2D eigenvalue weighted by Gasteiger charge is 2.25. The second-order valence-electron chi connectivity index (χ2n) is 6.27. The molecule has 1 unspecified atom stereocenters. The molecule has 152 valence electrons. The lowest BCUT2D eigenvalue weighted by molar-refractivity contribution is -0.389. The number of hydrogen-bond acceptors (Lipinski definition) is 5. The standard InChI is InChI=1S/C17H15Cl3N6O3/c1-9-5-15(26(28)29)22-25(9)10(2)17(27)21-16-14(20)8-24(23-16)7-11-3-4-12(18)6-13(11)19/h3-6,8,10H,7H2,1-2H3,(H,21,23,27). The number of amides is 1. The highest BCUT2D eigenvalue weighted by molar-refractivity contribution is 6.35. The molecule has 0 aliphatic carbocycles. The minimum absolute atomic E-state index is 0.160. The maximum absolute atomic E-state index is 12.6. The smallest absolute Gasteiger partial charge is 0.358 e. The maximum Gasteiger partial charge on any atom is 0.390 e. The summed E-state index contributed by atoms with van der Waals surface area (Å²) in [6, 6.07) is 5.59. The van der Waals surface area contributed by atoms with Gasteiger partial charge in [-0.3, -0.25) is 9.48 Å². The van der Waals surface area contributed by atoms with Crippen molar-refractivity contribution >= 4 is 52.3 Å². The van der Waals surface area contributed by atoms with Crippen molar-refractivity contribution in [3.8, 4) is 0 Å². The summed E-state index contributed by atoms with van der Waals surface area (Å²) in [4.78, 5) is 22.8. The number of rotatable bonds is 6. The van der Waals surface area contributed by atoms with E-state index < -0.39 is 16.9 Å². The maximum atomic E-state index is 12.6. The van der Waals surface area contributed by atoms with Gasteiger partial charge in [0.2, 0.25) is 0 Å². The Morgan fingerprint density at radius 1 is 1.24 bits per heavy atom. The van der Waals surface area contributed by atoms with Crippen LogP contribution in [0.4, 0.5) is 11.6 Å². The fourth-order valence-corrected chi connectivity index (χ4v) is 3.34. The number of nitrogens with zero attached hydrogens (tertiary/aromatic N) is 5. The molecule has 9 nitrogen and oxygen atoms in total. The Kier molecular flexibility index (Phi) is 6.11. The second kappa shape index (κ2) is 8.40. The van der Waals surface area contributed by atoms with Crippen LogP contribution in [-0.2, 0) is 11.3 Å². The summed E-state index contributed by atoms with van der Waals surface area (Å²) < 4.78 is 2.80. The van der Waals surface area contributed by atoms with E-state index in [4.69, 9.17) is 34.8 Å². The quantitative estimate of drug-likeness (QED) is 0.433. The number of carbonyl (C=O) groups is 1. The van der Waals surface area contributed by atoms with Crippen molar-refractivity contribution in [1.82, 2.24) is 19.6 Å². The molecule has 0 fully saturated rings. The summed E-state index contributed by atoms with van der Waals surface area (Å²) in [6.07, 6.45) is 1.55. The average Bonchev–Trinajstić information content (AvgIpc) is 3.19. The van der Waals surface area contributed by atoms with Gasteiger partial charge in [0.1, 0.15) is 11.1 Å². The first-order valence-electron chi connectivity index (χ1n) is 8.34. The van der Waals surface area contributed by atoms with Gasteiger partial charge in [-0.05, 0) is 36.5 Å². The summed E-state index contributed by atoms with van der Waals surface area (Å²) in [5.74, 6) is -0.639. The zero-order valence-electron chi connectivity index (χ0n) is 15.3. The Hall–Kier alpha value is -2.62. The Balaban J connectivity index is 1.75. The fraction of sp³-hybridized carbons (Fsp3) is 0.235. The predicted octanol–water partition coefficient (Wildman–Crippen LogP) is 4.50. The number of aromatic nitrogens is 4. The number of hydrogen-bond donors (Lipinski definition) is 1. The SMILES string of the molecule is Cc1cc([N+](=O)[O-])nn1C(C)C(=O)Nc1nn(Cc2ccc(Cl)cc2Cl)cc1Cl. The Labute approximate surface area is 180 Å². The number of nitro groups is 1. The lowest BCUT2D eigenvalue weighted by Crippen LogP contribution is -2.25. The van der Waals surface area contributed by atoms with E-state index in [1.165, 1.54) is 15.4 Å². The van der Waals surface area contributed by atoms with Crippen LogP contribution in [0.3, 0.4) is 0 Å². The van der Waals surface area contributed by atoms with E-state index in [0.29, 0.717) is 22.3 Å². The fourth-order valence-electron chi connectivity index (χ4n) is 2.67.